The highest BCUT2D eigenvalue weighted by Crippen LogP contribution is 2.26. The average molecular weight is 357 g/mol. The van der Waals surface area contributed by atoms with Crippen molar-refractivity contribution in [3.8, 4) is 0 Å². The van der Waals surface area contributed by atoms with Gasteiger partial charge in [0.15, 0.2) is 5.65 Å². The molecule has 1 aromatic carbocycles. The van der Waals surface area contributed by atoms with Gasteiger partial charge in [-0.2, -0.15) is 0 Å². The number of nitrogens with zero attached hydrogens (tertiary/aromatic N) is 5. The first-order valence-corrected chi connectivity index (χ1v) is 9.43. The molecule has 0 radical (unpaired) electrons. The van der Waals surface area contributed by atoms with E-state index in [1.54, 1.807) is 6.33 Å². The number of hydrogen-bond donors (Lipinski definition) is 0. The Kier molecular flexibility index (Phi) is 4.55. The van der Waals surface area contributed by atoms with Gasteiger partial charge >= 0.3 is 0 Å². The van der Waals surface area contributed by atoms with Gasteiger partial charge in [-0.3, -0.25) is 4.40 Å². The van der Waals surface area contributed by atoms with Gasteiger partial charge in [-0.05, 0) is 52.3 Å². The maximum Gasteiger partial charge on any atom is 0.171 e. The van der Waals surface area contributed by atoms with Gasteiger partial charge in [-0.25, -0.2) is 4.98 Å². The summed E-state index contributed by atoms with van der Waals surface area (Å²) >= 11 is -1.32. The van der Waals surface area contributed by atoms with Gasteiger partial charge in [-0.15, -0.1) is 10.2 Å². The monoisotopic (exact) mass is 357 g/mol. The van der Waals surface area contributed by atoms with Crippen LogP contribution in [-0.4, -0.2) is 34.6 Å². The first-order valence-electron chi connectivity index (χ1n) is 8.33. The first-order chi connectivity index (χ1) is 11.7. The van der Waals surface area contributed by atoms with Crippen LogP contribution in [0.25, 0.3) is 16.6 Å². The fourth-order valence-electron chi connectivity index (χ4n) is 2.70. The summed E-state index contributed by atoms with van der Waals surface area (Å²) in [7, 11) is 0. The molecule has 1 atom stereocenters. The van der Waals surface area contributed by atoms with E-state index in [1.165, 1.54) is 0 Å². The Bertz CT molecular complexity index is 971. The van der Waals surface area contributed by atoms with Crippen LogP contribution in [0.15, 0.2) is 22.9 Å². The minimum atomic E-state index is -1.32. The Morgan fingerprint density at radius 3 is 2.68 bits per heavy atom. The molecule has 0 aliphatic heterocycles. The number of benzene rings is 1. The van der Waals surface area contributed by atoms with Crippen molar-refractivity contribution in [1.82, 2.24) is 19.6 Å². The second-order valence-corrected chi connectivity index (χ2v) is 9.06. The van der Waals surface area contributed by atoms with E-state index in [-0.39, 0.29) is 0 Å². The van der Waals surface area contributed by atoms with Gasteiger partial charge in [0.05, 0.1) is 11.2 Å². The average Bonchev–Trinajstić information content (AvgIpc) is 3.02. The molecule has 0 amide bonds. The Morgan fingerprint density at radius 1 is 1.32 bits per heavy atom. The summed E-state index contributed by atoms with van der Waals surface area (Å²) in [5, 5.41) is 9.24. The van der Waals surface area contributed by atoms with Crippen LogP contribution in [0.2, 0.25) is 0 Å². The SMILES string of the molecule is CCc1nc2c(/C(C)=N\[S@+]([O-])C(C)(C)C)cc(C)cc2c2nncn12. The third kappa shape index (κ3) is 3.26. The fourth-order valence-corrected chi connectivity index (χ4v) is 3.32. The van der Waals surface area contributed by atoms with Crippen LogP contribution in [0.4, 0.5) is 0 Å². The van der Waals surface area contributed by atoms with Gasteiger partial charge in [0, 0.05) is 17.4 Å². The van der Waals surface area contributed by atoms with E-state index in [4.69, 9.17) is 4.98 Å². The van der Waals surface area contributed by atoms with Crippen LogP contribution >= 0.6 is 0 Å². The third-order valence-electron chi connectivity index (χ3n) is 4.01. The molecule has 0 N–H and O–H groups in total. The van der Waals surface area contributed by atoms with E-state index in [1.807, 2.05) is 45.1 Å². The van der Waals surface area contributed by atoms with Gasteiger partial charge in [0.1, 0.15) is 28.3 Å². The molecule has 2 heterocycles. The van der Waals surface area contributed by atoms with Crippen molar-refractivity contribution in [2.24, 2.45) is 4.40 Å². The van der Waals surface area contributed by atoms with E-state index in [2.05, 4.69) is 27.6 Å². The van der Waals surface area contributed by atoms with Crippen LogP contribution in [0.5, 0.6) is 0 Å². The number of hydrogen-bond acceptors (Lipinski definition) is 5. The lowest BCUT2D eigenvalue weighted by Crippen LogP contribution is -2.26. The summed E-state index contributed by atoms with van der Waals surface area (Å²) in [6, 6.07) is 4.10. The molecule has 2 aromatic heterocycles. The second kappa shape index (κ2) is 6.38. The number of aromatic nitrogens is 4. The van der Waals surface area contributed by atoms with Crippen molar-refractivity contribution >= 4 is 33.6 Å². The molecule has 132 valence electrons. The van der Waals surface area contributed by atoms with Crippen molar-refractivity contribution in [1.29, 1.82) is 0 Å². The lowest BCUT2D eigenvalue weighted by Gasteiger charge is -2.19. The topological polar surface area (TPSA) is 78.5 Å². The summed E-state index contributed by atoms with van der Waals surface area (Å²) in [4.78, 5) is 4.83. The van der Waals surface area contributed by atoms with Crippen molar-refractivity contribution in [2.75, 3.05) is 0 Å². The molecule has 3 aromatic rings. The summed E-state index contributed by atoms with van der Waals surface area (Å²) < 4.78 is 18.4. The molecule has 0 unspecified atom stereocenters. The Labute approximate surface area is 150 Å². The highest BCUT2D eigenvalue weighted by molar-refractivity contribution is 7.91. The molecule has 0 aliphatic carbocycles. The third-order valence-corrected chi connectivity index (χ3v) is 5.50. The van der Waals surface area contributed by atoms with Crippen LogP contribution in [0.3, 0.4) is 0 Å². The summed E-state index contributed by atoms with van der Waals surface area (Å²) in [6.07, 6.45) is 2.46. The molecule has 25 heavy (non-hydrogen) atoms. The quantitative estimate of drug-likeness (QED) is 0.531. The minimum absolute atomic E-state index is 0.400. The maximum absolute atomic E-state index is 12.4. The number of aryl methyl sites for hydroxylation is 2. The molecule has 0 saturated heterocycles. The van der Waals surface area contributed by atoms with Gasteiger partial charge in [-0.1, -0.05) is 11.3 Å². The maximum atomic E-state index is 12.4. The summed E-state index contributed by atoms with van der Waals surface area (Å²) in [5.41, 5.74) is 4.31. The minimum Gasteiger partial charge on any atom is -0.591 e. The Hall–Kier alpha value is -1.99. The Morgan fingerprint density at radius 2 is 2.04 bits per heavy atom. The van der Waals surface area contributed by atoms with E-state index in [9.17, 15) is 4.55 Å². The van der Waals surface area contributed by atoms with E-state index < -0.39 is 16.1 Å². The summed E-state index contributed by atoms with van der Waals surface area (Å²) in [5.74, 6) is 0.891. The fraction of sp³-hybridized carbons (Fsp3) is 0.444. The smallest absolute Gasteiger partial charge is 0.171 e. The zero-order valence-corrected chi connectivity index (χ0v) is 16.3. The largest absolute Gasteiger partial charge is 0.591 e. The predicted molar refractivity (Wildman–Crippen MR) is 103 cm³/mol. The summed E-state index contributed by atoms with van der Waals surface area (Å²) in [6.45, 7) is 11.7. The van der Waals surface area contributed by atoms with Crippen LogP contribution in [-0.2, 0) is 17.8 Å². The highest BCUT2D eigenvalue weighted by atomic mass is 32.2. The normalized spacial score (nSPS) is 14.4. The highest BCUT2D eigenvalue weighted by Gasteiger charge is 2.27. The van der Waals surface area contributed by atoms with Gasteiger partial charge in [0.2, 0.25) is 0 Å². The zero-order valence-electron chi connectivity index (χ0n) is 15.5. The Balaban J connectivity index is 2.30. The predicted octanol–water partition coefficient (Wildman–Crippen LogP) is 3.42. The van der Waals surface area contributed by atoms with E-state index in [0.29, 0.717) is 0 Å². The molecule has 0 fully saturated rings. The van der Waals surface area contributed by atoms with Crippen molar-refractivity contribution in [3.05, 3.63) is 35.4 Å². The lowest BCUT2D eigenvalue weighted by atomic mass is 10.0. The molecule has 7 heteroatoms. The molecule has 3 rings (SSSR count). The molecule has 0 aliphatic rings. The molecule has 6 nitrogen and oxygen atoms in total. The van der Waals surface area contributed by atoms with Crippen LogP contribution in [0.1, 0.15) is 51.6 Å². The van der Waals surface area contributed by atoms with Crippen molar-refractivity contribution in [3.63, 3.8) is 0 Å². The lowest BCUT2D eigenvalue weighted by molar-refractivity contribution is 0.561. The molecule has 0 saturated carbocycles. The standard InChI is InChI=1S/C18H23N5OS/c1-7-15-20-16-13(12(3)22-25(24)18(4,5)6)8-11(2)9-14(16)17-21-19-10-23(15)17/h8-10H,7H2,1-6H3/b22-12-/t25-/m1/s1. The van der Waals surface area contributed by atoms with E-state index in [0.717, 1.165) is 45.6 Å². The van der Waals surface area contributed by atoms with Gasteiger partial charge < -0.3 is 4.55 Å². The first kappa shape index (κ1) is 17.8. The van der Waals surface area contributed by atoms with Gasteiger partial charge in [0.25, 0.3) is 0 Å². The number of fused-ring (bicyclic) bond motifs is 3. The molecular weight excluding hydrogens is 334 g/mol. The second-order valence-electron chi connectivity index (χ2n) is 7.15. The van der Waals surface area contributed by atoms with Crippen molar-refractivity contribution in [2.45, 2.75) is 52.7 Å². The molecule has 0 spiro atoms. The van der Waals surface area contributed by atoms with Crippen molar-refractivity contribution < 1.29 is 4.55 Å². The van der Waals surface area contributed by atoms with Crippen LogP contribution in [0, 0.1) is 6.92 Å². The molecular formula is C18H23N5OS. The zero-order chi connectivity index (χ0) is 18.4. The van der Waals surface area contributed by atoms with E-state index >= 15 is 0 Å². The molecule has 0 bridgehead atoms. The number of rotatable bonds is 3. The van der Waals surface area contributed by atoms with Crippen LogP contribution < -0.4 is 0 Å².